The summed E-state index contributed by atoms with van der Waals surface area (Å²) in [7, 11) is -3.83. The highest BCUT2D eigenvalue weighted by Gasteiger charge is 2.33. The molecule has 2 aromatic rings. The van der Waals surface area contributed by atoms with Gasteiger partial charge in [0.1, 0.15) is 5.82 Å². The third-order valence-electron chi connectivity index (χ3n) is 5.17. The van der Waals surface area contributed by atoms with Crippen LogP contribution in [0.4, 0.5) is 10.1 Å². The van der Waals surface area contributed by atoms with Crippen molar-refractivity contribution in [2.24, 2.45) is 5.92 Å². The lowest BCUT2D eigenvalue weighted by Gasteiger charge is -2.31. The maximum absolute atomic E-state index is 13.2. The number of halogens is 1. The molecule has 31 heavy (non-hydrogen) atoms. The lowest BCUT2D eigenvalue weighted by atomic mass is 9.98. The topological polar surface area (TPSA) is 95.6 Å². The number of piperidine rings is 1. The van der Waals surface area contributed by atoms with Gasteiger partial charge in [-0.05, 0) is 55.7 Å². The van der Waals surface area contributed by atoms with Crippen LogP contribution < -0.4 is 10.6 Å². The summed E-state index contributed by atoms with van der Waals surface area (Å²) < 4.78 is 40.2. The van der Waals surface area contributed by atoms with E-state index in [1.165, 1.54) is 16.4 Å². The van der Waals surface area contributed by atoms with E-state index in [2.05, 4.69) is 10.6 Å². The molecule has 0 aliphatic carbocycles. The molecule has 2 amide bonds. The summed E-state index contributed by atoms with van der Waals surface area (Å²) in [6, 6.07) is 11.4. The number of hydrogen-bond acceptors (Lipinski definition) is 4. The van der Waals surface area contributed by atoms with Gasteiger partial charge in [0, 0.05) is 19.6 Å². The minimum Gasteiger partial charge on any atom is -0.352 e. The highest BCUT2D eigenvalue weighted by atomic mass is 32.2. The van der Waals surface area contributed by atoms with Crippen LogP contribution in [0.5, 0.6) is 0 Å². The number of nitrogens with one attached hydrogen (secondary N) is 2. The Labute approximate surface area is 181 Å². The molecule has 0 radical (unpaired) electrons. The molecule has 2 N–H and O–H groups in total. The van der Waals surface area contributed by atoms with Crippen LogP contribution in [-0.2, 0) is 14.8 Å². The number of rotatable bonds is 7. The van der Waals surface area contributed by atoms with Crippen molar-refractivity contribution in [1.82, 2.24) is 9.62 Å². The molecular weight excluding hydrogens is 421 g/mol. The van der Waals surface area contributed by atoms with Crippen LogP contribution in [0.1, 0.15) is 36.5 Å². The molecule has 0 saturated carbocycles. The fraction of sp³-hybridized carbons (Fsp3) is 0.364. The molecule has 7 nitrogen and oxygen atoms in total. The number of carbonyl (C=O) groups is 2. The Hall–Kier alpha value is -2.78. The summed E-state index contributed by atoms with van der Waals surface area (Å²) in [6.45, 7) is 2.79. The number of amides is 2. The molecule has 166 valence electrons. The van der Waals surface area contributed by atoms with Crippen molar-refractivity contribution >= 4 is 27.5 Å². The van der Waals surface area contributed by atoms with Crippen molar-refractivity contribution in [3.8, 4) is 0 Å². The van der Waals surface area contributed by atoms with E-state index in [0.29, 0.717) is 37.2 Å². The van der Waals surface area contributed by atoms with Gasteiger partial charge in [0.05, 0.1) is 22.1 Å². The van der Waals surface area contributed by atoms with Gasteiger partial charge in [-0.1, -0.05) is 19.1 Å². The molecule has 0 bridgehead atoms. The third kappa shape index (κ3) is 5.48. The summed E-state index contributed by atoms with van der Waals surface area (Å²) in [5.41, 5.74) is 0.746. The summed E-state index contributed by atoms with van der Waals surface area (Å²) in [6.07, 6.45) is 1.85. The Morgan fingerprint density at radius 3 is 2.55 bits per heavy atom. The van der Waals surface area contributed by atoms with E-state index < -0.39 is 21.8 Å². The van der Waals surface area contributed by atoms with Crippen molar-refractivity contribution in [1.29, 1.82) is 0 Å². The van der Waals surface area contributed by atoms with Crippen molar-refractivity contribution in [2.45, 2.75) is 31.1 Å². The predicted molar refractivity (Wildman–Crippen MR) is 116 cm³/mol. The van der Waals surface area contributed by atoms with E-state index in [1.807, 2.05) is 6.92 Å². The molecule has 0 spiro atoms. The smallest absolute Gasteiger partial charge is 0.253 e. The number of sulfonamides is 1. The van der Waals surface area contributed by atoms with Gasteiger partial charge in [-0.15, -0.1) is 0 Å². The normalized spacial score (nSPS) is 17.2. The first-order valence-corrected chi connectivity index (χ1v) is 11.7. The molecular formula is C22H26FN3O4S. The van der Waals surface area contributed by atoms with Gasteiger partial charge in [-0.3, -0.25) is 9.59 Å². The van der Waals surface area contributed by atoms with E-state index in [4.69, 9.17) is 0 Å². The lowest BCUT2D eigenvalue weighted by molar-refractivity contribution is -0.120. The Morgan fingerprint density at radius 1 is 1.13 bits per heavy atom. The van der Waals surface area contributed by atoms with Crippen molar-refractivity contribution in [2.75, 3.05) is 25.0 Å². The van der Waals surface area contributed by atoms with Crippen LogP contribution in [-0.4, -0.2) is 44.2 Å². The Bertz CT molecular complexity index is 1040. The zero-order valence-corrected chi connectivity index (χ0v) is 18.1. The average Bonchev–Trinajstić information content (AvgIpc) is 2.78. The fourth-order valence-corrected chi connectivity index (χ4v) is 5.01. The van der Waals surface area contributed by atoms with Crippen LogP contribution in [0, 0.1) is 11.7 Å². The van der Waals surface area contributed by atoms with Gasteiger partial charge in [0.2, 0.25) is 15.9 Å². The second-order valence-corrected chi connectivity index (χ2v) is 9.38. The van der Waals surface area contributed by atoms with E-state index in [0.717, 1.165) is 18.6 Å². The Morgan fingerprint density at radius 2 is 1.84 bits per heavy atom. The standard InChI is InChI=1S/C22H26FN3O4S/c1-2-13-24-22(28)19-7-3-4-8-20(19)25-21(27)16-6-5-14-26(15-16)31(29,30)18-11-9-17(23)10-12-18/h3-4,7-12,16H,2,5-6,13-15H2,1H3,(H,24,28)(H,25,27)/t16-/m1/s1. The van der Waals surface area contributed by atoms with Gasteiger partial charge < -0.3 is 10.6 Å². The molecule has 1 aliphatic heterocycles. The maximum atomic E-state index is 13.2. The summed E-state index contributed by atoms with van der Waals surface area (Å²) in [5, 5.41) is 5.57. The van der Waals surface area contributed by atoms with Crippen LogP contribution in [0.25, 0.3) is 0 Å². The first-order chi connectivity index (χ1) is 14.8. The second kappa shape index (κ2) is 10.0. The monoisotopic (exact) mass is 447 g/mol. The number of para-hydroxylation sites is 1. The highest BCUT2D eigenvalue weighted by Crippen LogP contribution is 2.25. The van der Waals surface area contributed by atoms with Crippen LogP contribution in [0.2, 0.25) is 0 Å². The van der Waals surface area contributed by atoms with Crippen molar-refractivity contribution in [3.63, 3.8) is 0 Å². The first-order valence-electron chi connectivity index (χ1n) is 10.3. The molecule has 0 unspecified atom stereocenters. The number of anilines is 1. The number of benzene rings is 2. The van der Waals surface area contributed by atoms with Crippen LogP contribution >= 0.6 is 0 Å². The minimum absolute atomic E-state index is 0.00657. The summed E-state index contributed by atoms with van der Waals surface area (Å²) in [5.74, 6) is -1.69. The molecule has 9 heteroatoms. The zero-order valence-electron chi connectivity index (χ0n) is 17.3. The molecule has 1 saturated heterocycles. The molecule has 1 heterocycles. The SMILES string of the molecule is CCCNC(=O)c1ccccc1NC(=O)[C@@H]1CCCN(S(=O)(=O)c2ccc(F)cc2)C1. The largest absolute Gasteiger partial charge is 0.352 e. The fourth-order valence-electron chi connectivity index (χ4n) is 3.49. The third-order valence-corrected chi connectivity index (χ3v) is 7.05. The van der Waals surface area contributed by atoms with Gasteiger partial charge in [-0.25, -0.2) is 12.8 Å². The first kappa shape index (κ1) is 22.9. The predicted octanol–water partition coefficient (Wildman–Crippen LogP) is 3.00. The van der Waals surface area contributed by atoms with Gasteiger partial charge in [-0.2, -0.15) is 4.31 Å². The molecule has 0 aromatic heterocycles. The average molecular weight is 448 g/mol. The Balaban J connectivity index is 1.72. The van der Waals surface area contributed by atoms with Crippen LogP contribution in [0.3, 0.4) is 0 Å². The van der Waals surface area contributed by atoms with Gasteiger partial charge in [0.25, 0.3) is 5.91 Å². The second-order valence-electron chi connectivity index (χ2n) is 7.45. The van der Waals surface area contributed by atoms with E-state index in [9.17, 15) is 22.4 Å². The molecule has 1 aliphatic rings. The Kier molecular flexibility index (Phi) is 7.40. The van der Waals surface area contributed by atoms with Crippen molar-refractivity contribution in [3.05, 3.63) is 59.9 Å². The van der Waals surface area contributed by atoms with E-state index >= 15 is 0 Å². The number of nitrogens with zero attached hydrogens (tertiary/aromatic N) is 1. The number of hydrogen-bond donors (Lipinski definition) is 2. The zero-order chi connectivity index (χ0) is 22.4. The summed E-state index contributed by atoms with van der Waals surface area (Å²) in [4.78, 5) is 25.3. The molecule has 2 aromatic carbocycles. The summed E-state index contributed by atoms with van der Waals surface area (Å²) >= 11 is 0. The lowest BCUT2D eigenvalue weighted by Crippen LogP contribution is -2.43. The van der Waals surface area contributed by atoms with Crippen LogP contribution in [0.15, 0.2) is 53.4 Å². The van der Waals surface area contributed by atoms with E-state index in [1.54, 1.807) is 24.3 Å². The molecule has 3 rings (SSSR count). The highest BCUT2D eigenvalue weighted by molar-refractivity contribution is 7.89. The molecule has 1 fully saturated rings. The number of carbonyl (C=O) groups excluding carboxylic acids is 2. The van der Waals surface area contributed by atoms with Gasteiger partial charge in [0.15, 0.2) is 0 Å². The quantitative estimate of drug-likeness (QED) is 0.682. The molecule has 1 atom stereocenters. The minimum atomic E-state index is -3.83. The van der Waals surface area contributed by atoms with E-state index in [-0.39, 0.29) is 23.3 Å². The maximum Gasteiger partial charge on any atom is 0.253 e. The van der Waals surface area contributed by atoms with Crippen molar-refractivity contribution < 1.29 is 22.4 Å². The van der Waals surface area contributed by atoms with Gasteiger partial charge >= 0.3 is 0 Å².